The molecule has 1 heterocycles. The van der Waals surface area contributed by atoms with Crippen molar-refractivity contribution in [1.82, 2.24) is 15.1 Å². The monoisotopic (exact) mass is 401 g/mol. The fourth-order valence-electron chi connectivity index (χ4n) is 4.19. The van der Waals surface area contributed by atoms with Gasteiger partial charge in [0.1, 0.15) is 6.04 Å². The lowest BCUT2D eigenvalue weighted by atomic mass is 9.91. The SMILES string of the molecule is CCN(CC)[C@H](CNC(=O)[C@H]1CCCN1C(=O)CC(C)(C)C)Cc1ccccc1. The van der Waals surface area contributed by atoms with Gasteiger partial charge in [0, 0.05) is 25.6 Å². The number of nitrogens with one attached hydrogen (secondary N) is 1. The third-order valence-electron chi connectivity index (χ3n) is 5.71. The summed E-state index contributed by atoms with van der Waals surface area (Å²) in [5, 5.41) is 3.17. The molecular formula is C24H39N3O2. The summed E-state index contributed by atoms with van der Waals surface area (Å²) in [7, 11) is 0. The smallest absolute Gasteiger partial charge is 0.242 e. The first-order valence-corrected chi connectivity index (χ1v) is 11.1. The number of carbonyl (C=O) groups is 2. The fourth-order valence-corrected chi connectivity index (χ4v) is 4.19. The van der Waals surface area contributed by atoms with Gasteiger partial charge in [0.05, 0.1) is 0 Å². The Labute approximate surface area is 176 Å². The molecule has 5 nitrogen and oxygen atoms in total. The van der Waals surface area contributed by atoms with Crippen LogP contribution in [0.4, 0.5) is 0 Å². The van der Waals surface area contributed by atoms with Crippen molar-refractivity contribution in [1.29, 1.82) is 0 Å². The number of rotatable bonds is 9. The van der Waals surface area contributed by atoms with Crippen LogP contribution in [-0.2, 0) is 16.0 Å². The van der Waals surface area contributed by atoms with Crippen LogP contribution >= 0.6 is 0 Å². The van der Waals surface area contributed by atoms with E-state index in [-0.39, 0.29) is 29.3 Å². The first kappa shape index (κ1) is 23.4. The molecule has 29 heavy (non-hydrogen) atoms. The zero-order valence-corrected chi connectivity index (χ0v) is 18.9. The normalized spacial score (nSPS) is 18.1. The van der Waals surface area contributed by atoms with Gasteiger partial charge in [-0.15, -0.1) is 0 Å². The average molecular weight is 402 g/mol. The largest absolute Gasteiger partial charge is 0.353 e. The molecule has 2 atom stereocenters. The molecule has 1 aromatic rings. The molecule has 0 spiro atoms. The third kappa shape index (κ3) is 7.14. The van der Waals surface area contributed by atoms with E-state index in [1.165, 1.54) is 5.56 Å². The summed E-state index contributed by atoms with van der Waals surface area (Å²) in [4.78, 5) is 29.8. The van der Waals surface area contributed by atoms with Crippen molar-refractivity contribution in [2.24, 2.45) is 5.41 Å². The Balaban J connectivity index is 2.00. The van der Waals surface area contributed by atoms with Crippen molar-refractivity contribution in [2.75, 3.05) is 26.2 Å². The van der Waals surface area contributed by atoms with Gasteiger partial charge in [-0.25, -0.2) is 0 Å². The van der Waals surface area contributed by atoms with Gasteiger partial charge in [0.15, 0.2) is 0 Å². The van der Waals surface area contributed by atoms with Crippen LogP contribution < -0.4 is 5.32 Å². The van der Waals surface area contributed by atoms with Crippen LogP contribution in [0.5, 0.6) is 0 Å². The van der Waals surface area contributed by atoms with Crippen molar-refractivity contribution in [2.45, 2.75) is 72.4 Å². The highest BCUT2D eigenvalue weighted by molar-refractivity contribution is 5.88. The molecule has 5 heteroatoms. The molecular weight excluding hydrogens is 362 g/mol. The van der Waals surface area contributed by atoms with E-state index in [1.54, 1.807) is 4.90 Å². The number of hydrogen-bond donors (Lipinski definition) is 1. The van der Waals surface area contributed by atoms with Gasteiger partial charge >= 0.3 is 0 Å². The number of likely N-dealkylation sites (tertiary alicyclic amines) is 1. The molecule has 0 aromatic heterocycles. The Bertz CT molecular complexity index is 650. The number of carbonyl (C=O) groups excluding carboxylic acids is 2. The molecule has 1 aromatic carbocycles. The Morgan fingerprint density at radius 3 is 2.41 bits per heavy atom. The third-order valence-corrected chi connectivity index (χ3v) is 5.71. The Morgan fingerprint density at radius 2 is 1.83 bits per heavy atom. The molecule has 0 bridgehead atoms. The van der Waals surface area contributed by atoms with Gasteiger partial charge in [-0.05, 0) is 43.3 Å². The standard InChI is InChI=1S/C24H39N3O2/c1-6-26(7-2)20(16-19-12-9-8-10-13-19)18-25-23(29)21-14-11-15-27(21)22(28)17-24(3,4)5/h8-10,12-13,20-21H,6-7,11,14-18H2,1-5H3,(H,25,29)/t20-,21+/m0/s1. The van der Waals surface area contributed by atoms with Crippen LogP contribution in [-0.4, -0.2) is 59.9 Å². The molecule has 0 radical (unpaired) electrons. The van der Waals surface area contributed by atoms with Crippen LogP contribution in [0.2, 0.25) is 0 Å². The van der Waals surface area contributed by atoms with Gasteiger partial charge in [-0.3, -0.25) is 14.5 Å². The van der Waals surface area contributed by atoms with Crippen LogP contribution in [0, 0.1) is 5.41 Å². The van der Waals surface area contributed by atoms with Crippen LogP contribution in [0.3, 0.4) is 0 Å². The minimum Gasteiger partial charge on any atom is -0.353 e. The minimum atomic E-state index is -0.320. The van der Waals surface area contributed by atoms with E-state index >= 15 is 0 Å². The lowest BCUT2D eigenvalue weighted by molar-refractivity contribution is -0.139. The zero-order valence-electron chi connectivity index (χ0n) is 18.9. The fraction of sp³-hybridized carbons (Fsp3) is 0.667. The second kappa shape index (κ2) is 10.8. The molecule has 0 saturated carbocycles. The lowest BCUT2D eigenvalue weighted by Crippen LogP contribution is -2.51. The summed E-state index contributed by atoms with van der Waals surface area (Å²) in [5.74, 6) is 0.0923. The quantitative estimate of drug-likeness (QED) is 0.689. The summed E-state index contributed by atoms with van der Waals surface area (Å²) >= 11 is 0. The Kier molecular flexibility index (Phi) is 8.69. The highest BCUT2D eigenvalue weighted by Gasteiger charge is 2.35. The molecule has 1 aliphatic heterocycles. The number of benzene rings is 1. The van der Waals surface area contributed by atoms with Crippen molar-refractivity contribution >= 4 is 11.8 Å². The van der Waals surface area contributed by atoms with Crippen LogP contribution in [0.1, 0.15) is 59.4 Å². The number of amides is 2. The minimum absolute atomic E-state index is 0.00465. The molecule has 1 saturated heterocycles. The second-order valence-corrected chi connectivity index (χ2v) is 9.29. The summed E-state index contributed by atoms with van der Waals surface area (Å²) in [6, 6.07) is 10.4. The summed E-state index contributed by atoms with van der Waals surface area (Å²) < 4.78 is 0. The van der Waals surface area contributed by atoms with E-state index in [4.69, 9.17) is 0 Å². The number of likely N-dealkylation sites (N-methyl/N-ethyl adjacent to an activating group) is 1. The first-order valence-electron chi connectivity index (χ1n) is 11.1. The van der Waals surface area contributed by atoms with Gasteiger partial charge < -0.3 is 10.2 Å². The molecule has 0 unspecified atom stereocenters. The highest BCUT2D eigenvalue weighted by atomic mass is 16.2. The molecule has 1 aliphatic rings. The maximum Gasteiger partial charge on any atom is 0.242 e. The van der Waals surface area contributed by atoms with Crippen LogP contribution in [0.15, 0.2) is 30.3 Å². The number of nitrogens with zero attached hydrogens (tertiary/aromatic N) is 2. The maximum absolute atomic E-state index is 13.0. The second-order valence-electron chi connectivity index (χ2n) is 9.29. The molecule has 0 aliphatic carbocycles. The predicted octanol–water partition coefficient (Wildman–Crippen LogP) is 3.48. The van der Waals surface area contributed by atoms with Crippen molar-refractivity contribution in [3.05, 3.63) is 35.9 Å². The zero-order chi connectivity index (χ0) is 21.4. The predicted molar refractivity (Wildman–Crippen MR) is 119 cm³/mol. The van der Waals surface area contributed by atoms with E-state index < -0.39 is 0 Å². The summed E-state index contributed by atoms with van der Waals surface area (Å²) in [6.45, 7) is 13.7. The van der Waals surface area contributed by atoms with Crippen LogP contribution in [0.25, 0.3) is 0 Å². The van der Waals surface area contributed by atoms with Crippen molar-refractivity contribution < 1.29 is 9.59 Å². The average Bonchev–Trinajstić information content (AvgIpc) is 3.16. The summed E-state index contributed by atoms with van der Waals surface area (Å²) in [5.41, 5.74) is 1.21. The molecule has 2 amide bonds. The van der Waals surface area contributed by atoms with E-state index in [2.05, 4.69) is 69.1 Å². The maximum atomic E-state index is 13.0. The van der Waals surface area contributed by atoms with Gasteiger partial charge in [-0.2, -0.15) is 0 Å². The van der Waals surface area contributed by atoms with E-state index in [0.717, 1.165) is 32.4 Å². The highest BCUT2D eigenvalue weighted by Crippen LogP contribution is 2.25. The molecule has 1 N–H and O–H groups in total. The van der Waals surface area contributed by atoms with Gasteiger partial charge in [0.2, 0.25) is 11.8 Å². The van der Waals surface area contributed by atoms with Gasteiger partial charge in [0.25, 0.3) is 0 Å². The van der Waals surface area contributed by atoms with E-state index in [1.807, 2.05) is 6.07 Å². The topological polar surface area (TPSA) is 52.7 Å². The molecule has 1 fully saturated rings. The molecule has 2 rings (SSSR count). The van der Waals surface area contributed by atoms with Crippen molar-refractivity contribution in [3.63, 3.8) is 0 Å². The first-order chi connectivity index (χ1) is 13.7. The van der Waals surface area contributed by atoms with Gasteiger partial charge in [-0.1, -0.05) is 65.0 Å². The Morgan fingerprint density at radius 1 is 1.17 bits per heavy atom. The molecule has 162 valence electrons. The Hall–Kier alpha value is -1.88. The van der Waals surface area contributed by atoms with E-state index in [0.29, 0.717) is 19.5 Å². The lowest BCUT2D eigenvalue weighted by Gasteiger charge is -2.31. The number of hydrogen-bond acceptors (Lipinski definition) is 3. The summed E-state index contributed by atoms with van der Waals surface area (Å²) in [6.07, 6.45) is 3.04. The van der Waals surface area contributed by atoms with E-state index in [9.17, 15) is 9.59 Å². The van der Waals surface area contributed by atoms with Crippen molar-refractivity contribution in [3.8, 4) is 0 Å².